The molecule has 1 saturated heterocycles. The maximum absolute atomic E-state index is 12.7. The minimum atomic E-state index is -0.0229. The third-order valence-electron chi connectivity index (χ3n) is 5.19. The van der Waals surface area contributed by atoms with Crippen molar-refractivity contribution in [1.29, 1.82) is 0 Å². The zero-order chi connectivity index (χ0) is 17.1. The number of pyridine rings is 1. The Morgan fingerprint density at radius 3 is 2.88 bits per heavy atom. The van der Waals surface area contributed by atoms with Gasteiger partial charge in [-0.2, -0.15) is 0 Å². The summed E-state index contributed by atoms with van der Waals surface area (Å²) in [4.78, 5) is 18.7. The largest absolute Gasteiger partial charge is 0.331 e. The van der Waals surface area contributed by atoms with Crippen molar-refractivity contribution in [2.24, 2.45) is 0 Å². The molecule has 0 aliphatic carbocycles. The number of nitrogens with zero attached hydrogens (tertiary/aromatic N) is 5. The number of carbonyl (C=O) groups excluding carboxylic acids is 1. The topological polar surface area (TPSA) is 75.9 Å². The van der Waals surface area contributed by atoms with Crippen molar-refractivity contribution in [3.05, 3.63) is 41.7 Å². The lowest BCUT2D eigenvalue weighted by Crippen LogP contribution is -2.39. The van der Waals surface area contributed by atoms with Gasteiger partial charge >= 0.3 is 6.03 Å². The molecule has 2 amide bonds. The molecular formula is C18H24N6O. The van der Waals surface area contributed by atoms with Gasteiger partial charge in [0, 0.05) is 31.9 Å². The summed E-state index contributed by atoms with van der Waals surface area (Å²) >= 11 is 0. The van der Waals surface area contributed by atoms with Crippen molar-refractivity contribution in [2.45, 2.75) is 57.7 Å². The zero-order valence-electron chi connectivity index (χ0n) is 14.4. The van der Waals surface area contributed by atoms with Crippen molar-refractivity contribution in [2.75, 3.05) is 6.54 Å². The minimum absolute atomic E-state index is 0.0229. The van der Waals surface area contributed by atoms with Crippen LogP contribution in [0.15, 0.2) is 24.5 Å². The number of aromatic nitrogens is 4. The van der Waals surface area contributed by atoms with Crippen LogP contribution >= 0.6 is 0 Å². The van der Waals surface area contributed by atoms with E-state index in [1.807, 2.05) is 17.0 Å². The molecule has 0 aromatic carbocycles. The third-order valence-corrected chi connectivity index (χ3v) is 5.19. The average Bonchev–Trinajstić information content (AvgIpc) is 3.22. The molecule has 1 fully saturated rings. The molecule has 2 aliphatic heterocycles. The summed E-state index contributed by atoms with van der Waals surface area (Å²) in [5, 5.41) is 11.6. The van der Waals surface area contributed by atoms with Gasteiger partial charge in [-0.25, -0.2) is 4.79 Å². The Morgan fingerprint density at radius 2 is 2.00 bits per heavy atom. The van der Waals surface area contributed by atoms with Crippen LogP contribution in [0.1, 0.15) is 55.4 Å². The first-order valence-corrected chi connectivity index (χ1v) is 9.18. The fourth-order valence-corrected chi connectivity index (χ4v) is 3.87. The lowest BCUT2D eigenvalue weighted by molar-refractivity contribution is 0.192. The number of hydrogen-bond donors (Lipinski definition) is 1. The van der Waals surface area contributed by atoms with Gasteiger partial charge < -0.3 is 14.8 Å². The molecule has 2 aliphatic rings. The molecule has 4 heterocycles. The minimum Gasteiger partial charge on any atom is -0.331 e. The fraction of sp³-hybridized carbons (Fsp3) is 0.556. The van der Waals surface area contributed by atoms with Crippen LogP contribution in [0.3, 0.4) is 0 Å². The summed E-state index contributed by atoms with van der Waals surface area (Å²) in [5.41, 5.74) is 1.15. The second-order valence-electron chi connectivity index (χ2n) is 6.79. The number of urea groups is 1. The molecule has 4 rings (SSSR count). The summed E-state index contributed by atoms with van der Waals surface area (Å²) < 4.78 is 2.18. The van der Waals surface area contributed by atoms with Crippen molar-refractivity contribution in [3.8, 4) is 0 Å². The Hall–Kier alpha value is -2.44. The van der Waals surface area contributed by atoms with Gasteiger partial charge in [-0.15, -0.1) is 10.2 Å². The van der Waals surface area contributed by atoms with Gasteiger partial charge in [0.25, 0.3) is 0 Å². The summed E-state index contributed by atoms with van der Waals surface area (Å²) in [6, 6.07) is 4.10. The van der Waals surface area contributed by atoms with Gasteiger partial charge in [-0.1, -0.05) is 6.42 Å². The number of carbonyl (C=O) groups is 1. The highest BCUT2D eigenvalue weighted by Gasteiger charge is 2.30. The molecule has 1 N–H and O–H groups in total. The van der Waals surface area contributed by atoms with Gasteiger partial charge in [-0.3, -0.25) is 4.98 Å². The van der Waals surface area contributed by atoms with Crippen molar-refractivity contribution < 1.29 is 4.79 Å². The number of hydrogen-bond acceptors (Lipinski definition) is 4. The quantitative estimate of drug-likeness (QED) is 0.931. The van der Waals surface area contributed by atoms with E-state index in [1.165, 1.54) is 12.8 Å². The van der Waals surface area contributed by atoms with E-state index in [1.54, 1.807) is 12.4 Å². The molecule has 0 saturated carbocycles. The van der Waals surface area contributed by atoms with Crippen molar-refractivity contribution in [1.82, 2.24) is 30.0 Å². The van der Waals surface area contributed by atoms with E-state index < -0.39 is 0 Å². The van der Waals surface area contributed by atoms with E-state index in [-0.39, 0.29) is 12.1 Å². The summed E-state index contributed by atoms with van der Waals surface area (Å²) in [7, 11) is 0. The molecule has 0 radical (unpaired) electrons. The number of rotatable bonds is 3. The Morgan fingerprint density at radius 1 is 1.12 bits per heavy atom. The number of amides is 2. The maximum atomic E-state index is 12.7. The Bertz CT molecular complexity index is 728. The Kier molecular flexibility index (Phi) is 4.63. The van der Waals surface area contributed by atoms with Gasteiger partial charge in [-0.05, 0) is 43.4 Å². The van der Waals surface area contributed by atoms with E-state index >= 15 is 0 Å². The molecule has 7 nitrogen and oxygen atoms in total. The first-order valence-electron chi connectivity index (χ1n) is 9.18. The summed E-state index contributed by atoms with van der Waals surface area (Å²) in [6.45, 7) is 2.18. The first-order chi connectivity index (χ1) is 12.3. The highest BCUT2D eigenvalue weighted by atomic mass is 16.2. The molecule has 7 heteroatoms. The standard InChI is InChI=1S/C18H24N6O/c25-18(23-12-4-5-15(23)14-7-9-19-10-8-14)20-13-17-22-21-16-6-2-1-3-11-24(16)17/h7-10,15H,1-6,11-13H2,(H,20,25)/t15-/m1/s1. The lowest BCUT2D eigenvalue weighted by Gasteiger charge is -2.25. The lowest BCUT2D eigenvalue weighted by atomic mass is 10.1. The Balaban J connectivity index is 1.41. The number of aryl methyl sites for hydroxylation is 1. The predicted molar refractivity (Wildman–Crippen MR) is 92.7 cm³/mol. The zero-order valence-corrected chi connectivity index (χ0v) is 14.4. The van der Waals surface area contributed by atoms with Crippen LogP contribution in [0.5, 0.6) is 0 Å². The molecule has 2 aromatic rings. The highest BCUT2D eigenvalue weighted by Crippen LogP contribution is 2.31. The molecule has 25 heavy (non-hydrogen) atoms. The van der Waals surface area contributed by atoms with Gasteiger partial charge in [0.1, 0.15) is 5.82 Å². The molecule has 0 bridgehead atoms. The van der Waals surface area contributed by atoms with Crippen LogP contribution in [0, 0.1) is 0 Å². The fourth-order valence-electron chi connectivity index (χ4n) is 3.87. The predicted octanol–water partition coefficient (Wildman–Crippen LogP) is 2.45. The van der Waals surface area contributed by atoms with Crippen LogP contribution in [-0.2, 0) is 19.5 Å². The van der Waals surface area contributed by atoms with Crippen molar-refractivity contribution >= 4 is 6.03 Å². The summed E-state index contributed by atoms with van der Waals surface area (Å²) in [6.07, 6.45) is 10.1. The van der Waals surface area contributed by atoms with E-state index in [2.05, 4.69) is 25.1 Å². The number of likely N-dealkylation sites (tertiary alicyclic amines) is 1. The van der Waals surface area contributed by atoms with E-state index in [9.17, 15) is 4.79 Å². The van der Waals surface area contributed by atoms with Gasteiger partial charge in [0.2, 0.25) is 0 Å². The van der Waals surface area contributed by atoms with Crippen LogP contribution in [0.4, 0.5) is 4.79 Å². The number of nitrogens with one attached hydrogen (secondary N) is 1. The number of fused-ring (bicyclic) bond motifs is 1. The first kappa shape index (κ1) is 16.1. The maximum Gasteiger partial charge on any atom is 0.318 e. The van der Waals surface area contributed by atoms with Crippen LogP contribution in [0.25, 0.3) is 0 Å². The van der Waals surface area contributed by atoms with E-state index in [0.717, 1.165) is 56.0 Å². The smallest absolute Gasteiger partial charge is 0.318 e. The second kappa shape index (κ2) is 7.21. The van der Waals surface area contributed by atoms with Crippen LogP contribution in [-0.4, -0.2) is 37.2 Å². The van der Waals surface area contributed by atoms with Crippen molar-refractivity contribution in [3.63, 3.8) is 0 Å². The van der Waals surface area contributed by atoms with Crippen LogP contribution < -0.4 is 5.32 Å². The molecule has 1 atom stereocenters. The summed E-state index contributed by atoms with van der Waals surface area (Å²) in [5.74, 6) is 1.92. The normalized spacial score (nSPS) is 20.2. The van der Waals surface area contributed by atoms with E-state index in [4.69, 9.17) is 0 Å². The van der Waals surface area contributed by atoms with E-state index in [0.29, 0.717) is 6.54 Å². The Labute approximate surface area is 147 Å². The molecule has 0 unspecified atom stereocenters. The van der Waals surface area contributed by atoms with Crippen LogP contribution in [0.2, 0.25) is 0 Å². The second-order valence-corrected chi connectivity index (χ2v) is 6.79. The molecule has 132 valence electrons. The molecular weight excluding hydrogens is 316 g/mol. The van der Waals surface area contributed by atoms with Gasteiger partial charge in [0.15, 0.2) is 5.82 Å². The monoisotopic (exact) mass is 340 g/mol. The highest BCUT2D eigenvalue weighted by molar-refractivity contribution is 5.75. The third kappa shape index (κ3) is 3.36. The molecule has 2 aromatic heterocycles. The van der Waals surface area contributed by atoms with Gasteiger partial charge in [0.05, 0.1) is 12.6 Å². The molecule has 0 spiro atoms. The SMILES string of the molecule is O=C(NCc1nnc2n1CCCCC2)N1CCC[C@@H]1c1ccncc1. The average molecular weight is 340 g/mol.